The van der Waals surface area contributed by atoms with Crippen LogP contribution < -0.4 is 0 Å². The van der Waals surface area contributed by atoms with Gasteiger partial charge in [0.05, 0.1) is 0 Å². The van der Waals surface area contributed by atoms with Gasteiger partial charge in [0.15, 0.2) is 0 Å². The summed E-state index contributed by atoms with van der Waals surface area (Å²) in [5.41, 5.74) is 0.893. The van der Waals surface area contributed by atoms with E-state index in [4.69, 9.17) is 5.11 Å². The highest BCUT2D eigenvalue weighted by atomic mass is 32.2. The molecule has 1 N–H and O–H groups in total. The molecule has 1 fully saturated rings. The van der Waals surface area contributed by atoms with Crippen molar-refractivity contribution in [3.63, 3.8) is 0 Å². The first kappa shape index (κ1) is 16.2. The summed E-state index contributed by atoms with van der Waals surface area (Å²) in [6, 6.07) is 16.6. The van der Waals surface area contributed by atoms with E-state index >= 15 is 0 Å². The quantitative estimate of drug-likeness (QED) is 0.695. The van der Waals surface area contributed by atoms with E-state index in [2.05, 4.69) is 24.3 Å². The van der Waals surface area contributed by atoms with Crippen LogP contribution in [0.3, 0.4) is 0 Å². The van der Waals surface area contributed by atoms with Crippen molar-refractivity contribution in [1.29, 1.82) is 0 Å². The summed E-state index contributed by atoms with van der Waals surface area (Å²) >= 11 is 3.71. The molecule has 1 aliphatic carbocycles. The standard InChI is InChI=1S/C19H18O2S2/c20-19(21)13-6-14-4-7-16(8-5-14)23-18-11-9-17(10-12-18)22-15-2-1-3-15/h4-13,15H,1-3H2,(H,20,21)/b13-6+. The van der Waals surface area contributed by atoms with Gasteiger partial charge in [0.25, 0.3) is 0 Å². The number of carbonyl (C=O) groups is 1. The molecule has 0 unspecified atom stereocenters. The summed E-state index contributed by atoms with van der Waals surface area (Å²) in [5, 5.41) is 9.45. The monoisotopic (exact) mass is 342 g/mol. The topological polar surface area (TPSA) is 37.3 Å². The van der Waals surface area contributed by atoms with Crippen molar-refractivity contribution in [2.24, 2.45) is 0 Å². The highest BCUT2D eigenvalue weighted by Gasteiger charge is 2.18. The van der Waals surface area contributed by atoms with Gasteiger partial charge in [-0.25, -0.2) is 4.79 Å². The Kier molecular flexibility index (Phi) is 5.47. The van der Waals surface area contributed by atoms with E-state index < -0.39 is 5.97 Å². The molecule has 118 valence electrons. The molecule has 3 rings (SSSR count). The van der Waals surface area contributed by atoms with Crippen LogP contribution in [0.2, 0.25) is 0 Å². The third-order valence-electron chi connectivity index (χ3n) is 3.71. The lowest BCUT2D eigenvalue weighted by Crippen LogP contribution is -2.12. The fourth-order valence-corrected chi connectivity index (χ4v) is 4.28. The lowest BCUT2D eigenvalue weighted by Gasteiger charge is -2.24. The Bertz CT molecular complexity index is 686. The molecule has 0 saturated heterocycles. The van der Waals surface area contributed by atoms with Crippen molar-refractivity contribution in [3.8, 4) is 0 Å². The van der Waals surface area contributed by atoms with E-state index in [1.807, 2.05) is 36.0 Å². The van der Waals surface area contributed by atoms with Gasteiger partial charge in [-0.15, -0.1) is 11.8 Å². The lowest BCUT2D eigenvalue weighted by molar-refractivity contribution is -0.131. The molecule has 1 saturated carbocycles. The Balaban J connectivity index is 1.58. The molecular weight excluding hydrogens is 324 g/mol. The van der Waals surface area contributed by atoms with Gasteiger partial charge in [-0.05, 0) is 60.9 Å². The third kappa shape index (κ3) is 4.91. The number of thioether (sulfide) groups is 1. The van der Waals surface area contributed by atoms with Gasteiger partial charge in [-0.2, -0.15) is 0 Å². The molecule has 23 heavy (non-hydrogen) atoms. The van der Waals surface area contributed by atoms with Gasteiger partial charge in [-0.1, -0.05) is 30.3 Å². The number of carboxylic acid groups (broad SMARTS) is 1. The van der Waals surface area contributed by atoms with Crippen molar-refractivity contribution >= 4 is 35.6 Å². The number of benzene rings is 2. The molecule has 0 amide bonds. The second kappa shape index (κ2) is 7.75. The summed E-state index contributed by atoms with van der Waals surface area (Å²) in [7, 11) is 0. The van der Waals surface area contributed by atoms with E-state index in [0.717, 1.165) is 21.8 Å². The Labute approximate surface area is 145 Å². The van der Waals surface area contributed by atoms with Gasteiger partial charge < -0.3 is 5.11 Å². The predicted octanol–water partition coefficient (Wildman–Crippen LogP) is 5.58. The van der Waals surface area contributed by atoms with Crippen LogP contribution in [0.1, 0.15) is 24.8 Å². The van der Waals surface area contributed by atoms with Gasteiger partial charge in [0.1, 0.15) is 0 Å². The summed E-state index contributed by atoms with van der Waals surface area (Å²) in [6.45, 7) is 0. The number of rotatable bonds is 6. The van der Waals surface area contributed by atoms with Crippen molar-refractivity contribution in [1.82, 2.24) is 0 Å². The Morgan fingerprint density at radius 2 is 1.52 bits per heavy atom. The normalized spacial score (nSPS) is 14.8. The molecule has 1 aliphatic rings. The summed E-state index contributed by atoms with van der Waals surface area (Å²) in [4.78, 5) is 14.2. The van der Waals surface area contributed by atoms with Crippen molar-refractivity contribution in [2.45, 2.75) is 39.2 Å². The molecule has 0 aromatic heterocycles. The maximum atomic E-state index is 10.5. The SMILES string of the molecule is O=C(O)/C=C/c1ccc(Sc2ccc(SC3CCC3)cc2)cc1. The molecule has 0 spiro atoms. The Morgan fingerprint density at radius 1 is 0.957 bits per heavy atom. The Hall–Kier alpha value is -1.65. The molecule has 2 aromatic carbocycles. The van der Waals surface area contributed by atoms with E-state index in [-0.39, 0.29) is 0 Å². The highest BCUT2D eigenvalue weighted by Crippen LogP contribution is 2.37. The first-order chi connectivity index (χ1) is 11.2. The molecule has 4 heteroatoms. The summed E-state index contributed by atoms with van der Waals surface area (Å²) in [5.74, 6) is -0.927. The van der Waals surface area contributed by atoms with E-state index in [1.165, 1.54) is 29.1 Å². The third-order valence-corrected chi connectivity index (χ3v) is 6.08. The van der Waals surface area contributed by atoms with Crippen LogP contribution in [0.15, 0.2) is 69.3 Å². The minimum absolute atomic E-state index is 0.819. The number of carboxylic acids is 1. The fourth-order valence-electron chi connectivity index (χ4n) is 2.22. The zero-order valence-electron chi connectivity index (χ0n) is 12.6. The largest absolute Gasteiger partial charge is 0.478 e. The average Bonchev–Trinajstić information content (AvgIpc) is 2.52. The summed E-state index contributed by atoms with van der Waals surface area (Å²) < 4.78 is 0. The minimum atomic E-state index is -0.927. The number of hydrogen-bond donors (Lipinski definition) is 1. The van der Waals surface area contributed by atoms with E-state index in [9.17, 15) is 4.79 Å². The van der Waals surface area contributed by atoms with Crippen molar-refractivity contribution < 1.29 is 9.90 Å². The first-order valence-corrected chi connectivity index (χ1v) is 9.34. The highest BCUT2D eigenvalue weighted by molar-refractivity contribution is 8.00. The molecule has 2 aromatic rings. The molecule has 0 bridgehead atoms. The molecular formula is C19H18O2S2. The van der Waals surface area contributed by atoms with Gasteiger partial charge in [0.2, 0.25) is 0 Å². The lowest BCUT2D eigenvalue weighted by atomic mass is 10.0. The smallest absolute Gasteiger partial charge is 0.328 e. The van der Waals surface area contributed by atoms with Crippen LogP contribution in [0.25, 0.3) is 6.08 Å². The molecule has 2 nitrogen and oxygen atoms in total. The van der Waals surface area contributed by atoms with Crippen molar-refractivity contribution in [2.75, 3.05) is 0 Å². The van der Waals surface area contributed by atoms with E-state index in [0.29, 0.717) is 0 Å². The zero-order chi connectivity index (χ0) is 16.1. The van der Waals surface area contributed by atoms with Gasteiger partial charge in [0, 0.05) is 26.0 Å². The Morgan fingerprint density at radius 3 is 2.04 bits per heavy atom. The maximum absolute atomic E-state index is 10.5. The molecule has 0 aliphatic heterocycles. The van der Waals surface area contributed by atoms with Gasteiger partial charge in [-0.3, -0.25) is 0 Å². The van der Waals surface area contributed by atoms with Crippen LogP contribution in [-0.2, 0) is 4.79 Å². The van der Waals surface area contributed by atoms with Gasteiger partial charge >= 0.3 is 5.97 Å². The van der Waals surface area contributed by atoms with Crippen LogP contribution in [0.5, 0.6) is 0 Å². The molecule has 0 radical (unpaired) electrons. The maximum Gasteiger partial charge on any atom is 0.328 e. The average molecular weight is 342 g/mol. The predicted molar refractivity (Wildman–Crippen MR) is 97.2 cm³/mol. The summed E-state index contributed by atoms with van der Waals surface area (Å²) in [6.07, 6.45) is 6.83. The second-order valence-corrected chi connectivity index (χ2v) is 8.01. The first-order valence-electron chi connectivity index (χ1n) is 7.65. The van der Waals surface area contributed by atoms with Crippen LogP contribution in [0, 0.1) is 0 Å². The molecule has 0 heterocycles. The minimum Gasteiger partial charge on any atom is -0.478 e. The number of hydrogen-bond acceptors (Lipinski definition) is 3. The van der Waals surface area contributed by atoms with Crippen molar-refractivity contribution in [3.05, 3.63) is 60.2 Å². The second-order valence-electron chi connectivity index (χ2n) is 5.48. The van der Waals surface area contributed by atoms with Crippen LogP contribution in [0.4, 0.5) is 0 Å². The molecule has 0 atom stereocenters. The van der Waals surface area contributed by atoms with E-state index in [1.54, 1.807) is 17.8 Å². The fraction of sp³-hybridized carbons (Fsp3) is 0.211. The van der Waals surface area contributed by atoms with Crippen LogP contribution >= 0.6 is 23.5 Å². The zero-order valence-corrected chi connectivity index (χ0v) is 14.3. The number of aliphatic carboxylic acids is 1. The van der Waals surface area contributed by atoms with Crippen LogP contribution in [-0.4, -0.2) is 16.3 Å².